The summed E-state index contributed by atoms with van der Waals surface area (Å²) < 4.78 is 5.18. The molecule has 3 aromatic rings. The predicted octanol–water partition coefficient (Wildman–Crippen LogP) is 3.05. The number of hydrogen-bond donors (Lipinski definition) is 1. The summed E-state index contributed by atoms with van der Waals surface area (Å²) in [6.07, 6.45) is 2.12. The van der Waals surface area contributed by atoms with Crippen LogP contribution in [0.25, 0.3) is 0 Å². The fourth-order valence-corrected chi connectivity index (χ4v) is 3.20. The molecule has 3 amide bonds. The second-order valence-electron chi connectivity index (χ2n) is 6.52. The van der Waals surface area contributed by atoms with Gasteiger partial charge in [0.25, 0.3) is 17.7 Å². The first-order chi connectivity index (χ1) is 13.6. The summed E-state index contributed by atoms with van der Waals surface area (Å²) in [5, 5.41) is 2.73. The van der Waals surface area contributed by atoms with Gasteiger partial charge in [0.2, 0.25) is 0 Å². The van der Waals surface area contributed by atoms with Crippen molar-refractivity contribution in [1.29, 1.82) is 0 Å². The van der Waals surface area contributed by atoms with Crippen molar-refractivity contribution in [2.75, 3.05) is 6.54 Å². The molecule has 0 spiro atoms. The lowest BCUT2D eigenvalue weighted by Gasteiger charge is -2.13. The zero-order valence-corrected chi connectivity index (χ0v) is 15.1. The van der Waals surface area contributed by atoms with Gasteiger partial charge in [-0.2, -0.15) is 0 Å². The van der Waals surface area contributed by atoms with Crippen LogP contribution in [-0.4, -0.2) is 29.2 Å². The average Bonchev–Trinajstić information content (AvgIpc) is 3.33. The summed E-state index contributed by atoms with van der Waals surface area (Å²) in [5.74, 6) is -0.384. The molecule has 0 fully saturated rings. The maximum Gasteiger partial charge on any atom is 0.261 e. The van der Waals surface area contributed by atoms with Crippen LogP contribution in [0, 0.1) is 0 Å². The molecule has 1 aliphatic rings. The van der Waals surface area contributed by atoms with Crippen LogP contribution in [0.4, 0.5) is 0 Å². The van der Waals surface area contributed by atoms with E-state index in [1.165, 1.54) is 17.2 Å². The van der Waals surface area contributed by atoms with E-state index in [4.69, 9.17) is 4.42 Å². The van der Waals surface area contributed by atoms with Crippen molar-refractivity contribution in [3.8, 4) is 0 Å². The van der Waals surface area contributed by atoms with Gasteiger partial charge in [0, 0.05) is 12.1 Å². The van der Waals surface area contributed by atoms with E-state index in [0.717, 1.165) is 5.56 Å². The van der Waals surface area contributed by atoms with E-state index in [9.17, 15) is 14.4 Å². The van der Waals surface area contributed by atoms with Gasteiger partial charge < -0.3 is 9.73 Å². The number of benzene rings is 2. The van der Waals surface area contributed by atoms with Crippen LogP contribution in [0.3, 0.4) is 0 Å². The quantitative estimate of drug-likeness (QED) is 0.673. The van der Waals surface area contributed by atoms with Gasteiger partial charge in [0.15, 0.2) is 0 Å². The highest BCUT2D eigenvalue weighted by molar-refractivity contribution is 6.22. The Morgan fingerprint density at radius 3 is 2.46 bits per heavy atom. The molecule has 0 bridgehead atoms. The molecule has 140 valence electrons. The third-order valence-corrected chi connectivity index (χ3v) is 4.70. The van der Waals surface area contributed by atoms with Gasteiger partial charge in [-0.15, -0.1) is 0 Å². The molecule has 6 heteroatoms. The highest BCUT2D eigenvalue weighted by Gasteiger charge is 2.35. The third kappa shape index (κ3) is 3.44. The van der Waals surface area contributed by atoms with E-state index in [2.05, 4.69) is 5.32 Å². The minimum absolute atomic E-state index is 0.249. The molecule has 6 nitrogen and oxygen atoms in total. The molecule has 1 aromatic heterocycles. The fourth-order valence-electron chi connectivity index (χ4n) is 3.20. The lowest BCUT2D eigenvalue weighted by atomic mass is 10.1. The molecule has 0 radical (unpaired) electrons. The summed E-state index contributed by atoms with van der Waals surface area (Å²) >= 11 is 0. The monoisotopic (exact) mass is 374 g/mol. The summed E-state index contributed by atoms with van der Waals surface area (Å²) in [4.78, 5) is 38.9. The van der Waals surface area contributed by atoms with E-state index < -0.39 is 0 Å². The highest BCUT2D eigenvalue weighted by atomic mass is 16.3. The SMILES string of the molecule is O=C(NCc1ccco1)c1ccc2c(c1)C(=O)N(CCc1ccccc1)C2=O. The molecule has 4 rings (SSSR count). The Labute approximate surface area is 161 Å². The molecular formula is C22H18N2O4. The number of hydrogen-bond acceptors (Lipinski definition) is 4. The molecule has 1 N–H and O–H groups in total. The Balaban J connectivity index is 1.46. The van der Waals surface area contributed by atoms with Crippen molar-refractivity contribution in [2.24, 2.45) is 0 Å². The van der Waals surface area contributed by atoms with Gasteiger partial charge in [-0.25, -0.2) is 0 Å². The first kappa shape index (κ1) is 17.7. The maximum atomic E-state index is 12.7. The topological polar surface area (TPSA) is 79.6 Å². The van der Waals surface area contributed by atoms with Gasteiger partial charge in [-0.05, 0) is 42.3 Å². The molecular weight excluding hydrogens is 356 g/mol. The predicted molar refractivity (Wildman–Crippen MR) is 102 cm³/mol. The van der Waals surface area contributed by atoms with Crippen LogP contribution in [0.15, 0.2) is 71.3 Å². The standard InChI is InChI=1S/C22H18N2O4/c25-20(23-14-17-7-4-12-28-17)16-8-9-18-19(13-16)22(27)24(21(18)26)11-10-15-5-2-1-3-6-15/h1-9,12-13H,10-11,14H2,(H,23,25). The van der Waals surface area contributed by atoms with Crippen molar-refractivity contribution in [3.63, 3.8) is 0 Å². The van der Waals surface area contributed by atoms with Crippen LogP contribution >= 0.6 is 0 Å². The average molecular weight is 374 g/mol. The third-order valence-electron chi connectivity index (χ3n) is 4.70. The number of nitrogens with zero attached hydrogens (tertiary/aromatic N) is 1. The number of amides is 3. The molecule has 1 aliphatic heterocycles. The second-order valence-corrected chi connectivity index (χ2v) is 6.52. The Hall–Kier alpha value is -3.67. The van der Waals surface area contributed by atoms with Crippen LogP contribution in [-0.2, 0) is 13.0 Å². The van der Waals surface area contributed by atoms with E-state index >= 15 is 0 Å². The summed E-state index contributed by atoms with van der Waals surface area (Å²) in [7, 11) is 0. The molecule has 0 aliphatic carbocycles. The van der Waals surface area contributed by atoms with Gasteiger partial charge in [0.05, 0.1) is 23.9 Å². The Morgan fingerprint density at radius 1 is 0.929 bits per heavy atom. The number of carbonyl (C=O) groups excluding carboxylic acids is 3. The number of nitrogens with one attached hydrogen (secondary N) is 1. The Kier molecular flexibility index (Phi) is 4.76. The zero-order valence-electron chi connectivity index (χ0n) is 15.1. The highest BCUT2D eigenvalue weighted by Crippen LogP contribution is 2.24. The fraction of sp³-hybridized carbons (Fsp3) is 0.136. The number of imide groups is 1. The molecule has 0 atom stereocenters. The minimum Gasteiger partial charge on any atom is -0.467 e. The van der Waals surface area contributed by atoms with Gasteiger partial charge in [0.1, 0.15) is 5.76 Å². The largest absolute Gasteiger partial charge is 0.467 e. The summed E-state index contributed by atoms with van der Waals surface area (Å²) in [6.45, 7) is 0.551. The molecule has 0 unspecified atom stereocenters. The first-order valence-electron chi connectivity index (χ1n) is 8.98. The van der Waals surface area contributed by atoms with E-state index in [1.807, 2.05) is 30.3 Å². The lowest BCUT2D eigenvalue weighted by Crippen LogP contribution is -2.31. The molecule has 2 aromatic carbocycles. The van der Waals surface area contributed by atoms with Crippen molar-refractivity contribution in [1.82, 2.24) is 10.2 Å². The molecule has 0 saturated carbocycles. The second kappa shape index (κ2) is 7.52. The summed E-state index contributed by atoms with van der Waals surface area (Å²) in [5.41, 5.74) is 1.98. The van der Waals surface area contributed by atoms with Gasteiger partial charge in [-0.3, -0.25) is 19.3 Å². The van der Waals surface area contributed by atoms with Crippen molar-refractivity contribution >= 4 is 17.7 Å². The van der Waals surface area contributed by atoms with Crippen molar-refractivity contribution in [3.05, 3.63) is 94.9 Å². The molecule has 0 saturated heterocycles. The van der Waals surface area contributed by atoms with Crippen molar-refractivity contribution < 1.29 is 18.8 Å². The van der Waals surface area contributed by atoms with Crippen LogP contribution < -0.4 is 5.32 Å². The number of fused-ring (bicyclic) bond motifs is 1. The minimum atomic E-state index is -0.364. The summed E-state index contributed by atoms with van der Waals surface area (Å²) in [6, 6.07) is 17.8. The van der Waals surface area contributed by atoms with Crippen LogP contribution in [0.2, 0.25) is 0 Å². The molecule has 28 heavy (non-hydrogen) atoms. The number of rotatable bonds is 6. The lowest BCUT2D eigenvalue weighted by molar-refractivity contribution is 0.0656. The van der Waals surface area contributed by atoms with Crippen LogP contribution in [0.5, 0.6) is 0 Å². The number of furan rings is 1. The zero-order chi connectivity index (χ0) is 19.5. The van der Waals surface area contributed by atoms with Crippen LogP contribution in [0.1, 0.15) is 42.4 Å². The smallest absolute Gasteiger partial charge is 0.261 e. The normalized spacial score (nSPS) is 12.9. The number of carbonyl (C=O) groups is 3. The van der Waals surface area contributed by atoms with Gasteiger partial charge in [-0.1, -0.05) is 30.3 Å². The first-order valence-corrected chi connectivity index (χ1v) is 8.98. The van der Waals surface area contributed by atoms with E-state index in [1.54, 1.807) is 24.3 Å². The van der Waals surface area contributed by atoms with E-state index in [0.29, 0.717) is 29.9 Å². The van der Waals surface area contributed by atoms with Crippen molar-refractivity contribution in [2.45, 2.75) is 13.0 Å². The molecule has 2 heterocycles. The van der Waals surface area contributed by atoms with Gasteiger partial charge >= 0.3 is 0 Å². The van der Waals surface area contributed by atoms with E-state index in [-0.39, 0.29) is 29.8 Å². The Morgan fingerprint density at radius 2 is 1.71 bits per heavy atom. The maximum absolute atomic E-state index is 12.7. The Bertz CT molecular complexity index is 1030.